The maximum atomic E-state index is 11.7. The molecule has 1 aromatic carbocycles. The van der Waals surface area contributed by atoms with Gasteiger partial charge >= 0.3 is 0 Å². The Kier molecular flexibility index (Phi) is 5.77. The van der Waals surface area contributed by atoms with E-state index in [4.69, 9.17) is 10.9 Å². The van der Waals surface area contributed by atoms with Gasteiger partial charge in [0.1, 0.15) is 0 Å². The average molecular weight is 339 g/mol. The van der Waals surface area contributed by atoms with Crippen LogP contribution in [0.3, 0.4) is 0 Å². The van der Waals surface area contributed by atoms with Gasteiger partial charge in [-0.15, -0.1) is 6.42 Å². The molecule has 1 aliphatic heterocycles. The molecule has 2 aromatic rings. The van der Waals surface area contributed by atoms with Crippen molar-refractivity contribution in [2.75, 3.05) is 39.3 Å². The van der Waals surface area contributed by atoms with Gasteiger partial charge in [0.2, 0.25) is 17.6 Å². The van der Waals surface area contributed by atoms with E-state index in [9.17, 15) is 4.79 Å². The topological polar surface area (TPSA) is 74.5 Å². The summed E-state index contributed by atoms with van der Waals surface area (Å²) in [7, 11) is 0. The smallest absolute Gasteiger partial charge is 0.241 e. The van der Waals surface area contributed by atoms with E-state index in [0.717, 1.165) is 31.7 Å². The summed E-state index contributed by atoms with van der Waals surface area (Å²) in [4.78, 5) is 20.5. The summed E-state index contributed by atoms with van der Waals surface area (Å²) in [6.45, 7) is 4.63. The number of piperazine rings is 1. The number of rotatable bonds is 6. The number of amides is 1. The van der Waals surface area contributed by atoms with Gasteiger partial charge in [-0.05, 0) is 0 Å². The number of aromatic nitrogens is 2. The summed E-state index contributed by atoms with van der Waals surface area (Å²) in [5.74, 6) is 3.59. The number of terminal acetylenes is 1. The number of carbonyl (C=O) groups is 1. The maximum Gasteiger partial charge on any atom is 0.241 e. The minimum absolute atomic E-state index is 0.0317. The minimum Gasteiger partial charge on any atom is -0.344 e. The number of nitrogens with zero attached hydrogens (tertiary/aromatic N) is 4. The van der Waals surface area contributed by atoms with Crippen molar-refractivity contribution in [3.63, 3.8) is 0 Å². The second kappa shape index (κ2) is 8.42. The monoisotopic (exact) mass is 339 g/mol. The molecule has 1 N–H and O–H groups in total. The normalized spacial score (nSPS) is 15.6. The Bertz CT molecular complexity index is 729. The van der Waals surface area contributed by atoms with E-state index < -0.39 is 0 Å². The van der Waals surface area contributed by atoms with Gasteiger partial charge in [0, 0.05) is 31.7 Å². The van der Waals surface area contributed by atoms with Crippen LogP contribution in [0.4, 0.5) is 0 Å². The highest BCUT2D eigenvalue weighted by atomic mass is 16.5. The van der Waals surface area contributed by atoms with Gasteiger partial charge < -0.3 is 9.84 Å². The molecule has 1 saturated heterocycles. The van der Waals surface area contributed by atoms with E-state index >= 15 is 0 Å². The standard InChI is InChI=1S/C18H21N5O2/c1-2-8-19-16(24)13-22-9-11-23(12-10-22)14-17-20-18(21-25-17)15-6-4-3-5-7-15/h1,3-7H,8-14H2,(H,19,24). The van der Waals surface area contributed by atoms with Crippen molar-refractivity contribution in [2.45, 2.75) is 6.54 Å². The second-order valence-electron chi connectivity index (χ2n) is 5.91. The summed E-state index contributed by atoms with van der Waals surface area (Å²) in [6.07, 6.45) is 5.14. The van der Waals surface area contributed by atoms with Gasteiger partial charge in [-0.25, -0.2) is 0 Å². The average Bonchev–Trinajstić information content (AvgIpc) is 3.11. The summed E-state index contributed by atoms with van der Waals surface area (Å²) >= 11 is 0. The lowest BCUT2D eigenvalue weighted by molar-refractivity contribution is -0.122. The molecule has 0 bridgehead atoms. The Hall–Kier alpha value is -2.69. The number of benzene rings is 1. The van der Waals surface area contributed by atoms with Crippen LogP contribution >= 0.6 is 0 Å². The van der Waals surface area contributed by atoms with Crippen LogP contribution in [0.2, 0.25) is 0 Å². The largest absolute Gasteiger partial charge is 0.344 e. The van der Waals surface area contributed by atoms with Crippen LogP contribution in [-0.2, 0) is 11.3 Å². The molecule has 0 spiro atoms. The van der Waals surface area contributed by atoms with E-state index in [1.54, 1.807) is 0 Å². The quantitative estimate of drug-likeness (QED) is 0.777. The van der Waals surface area contributed by atoms with Crippen molar-refractivity contribution in [1.29, 1.82) is 0 Å². The highest BCUT2D eigenvalue weighted by Gasteiger charge is 2.20. The number of nitrogens with one attached hydrogen (secondary N) is 1. The maximum absolute atomic E-state index is 11.7. The molecule has 7 heteroatoms. The Labute approximate surface area is 147 Å². The molecule has 3 rings (SSSR count). The van der Waals surface area contributed by atoms with E-state index in [1.165, 1.54) is 0 Å². The lowest BCUT2D eigenvalue weighted by Gasteiger charge is -2.33. The lowest BCUT2D eigenvalue weighted by Crippen LogP contribution is -2.49. The Morgan fingerprint density at radius 3 is 2.64 bits per heavy atom. The molecular formula is C18H21N5O2. The first kappa shape index (κ1) is 17.1. The zero-order chi connectivity index (χ0) is 17.5. The molecule has 0 saturated carbocycles. The molecule has 0 unspecified atom stereocenters. The van der Waals surface area contributed by atoms with Crippen LogP contribution in [0, 0.1) is 12.3 Å². The van der Waals surface area contributed by atoms with E-state index in [1.807, 2.05) is 30.3 Å². The van der Waals surface area contributed by atoms with Gasteiger partial charge in [-0.1, -0.05) is 41.4 Å². The van der Waals surface area contributed by atoms with Crippen LogP contribution in [0.1, 0.15) is 5.89 Å². The highest BCUT2D eigenvalue weighted by Crippen LogP contribution is 2.16. The van der Waals surface area contributed by atoms with Gasteiger partial charge in [0.25, 0.3) is 0 Å². The molecule has 1 aliphatic rings. The molecule has 1 aromatic heterocycles. The fourth-order valence-corrected chi connectivity index (χ4v) is 2.73. The zero-order valence-electron chi connectivity index (χ0n) is 14.0. The van der Waals surface area contributed by atoms with E-state index in [-0.39, 0.29) is 12.5 Å². The van der Waals surface area contributed by atoms with Crippen molar-refractivity contribution >= 4 is 5.91 Å². The lowest BCUT2D eigenvalue weighted by atomic mass is 10.2. The van der Waals surface area contributed by atoms with Gasteiger partial charge in [-0.3, -0.25) is 14.6 Å². The third kappa shape index (κ3) is 4.89. The van der Waals surface area contributed by atoms with Crippen molar-refractivity contribution in [3.05, 3.63) is 36.2 Å². The molecule has 0 aliphatic carbocycles. The van der Waals surface area contributed by atoms with Crippen LogP contribution in [0.5, 0.6) is 0 Å². The van der Waals surface area contributed by atoms with Gasteiger partial charge in [-0.2, -0.15) is 4.98 Å². The molecule has 130 valence electrons. The molecule has 1 amide bonds. The highest BCUT2D eigenvalue weighted by molar-refractivity contribution is 5.78. The van der Waals surface area contributed by atoms with Crippen molar-refractivity contribution in [3.8, 4) is 23.7 Å². The van der Waals surface area contributed by atoms with Crippen molar-refractivity contribution in [1.82, 2.24) is 25.3 Å². The fraction of sp³-hybridized carbons (Fsp3) is 0.389. The summed E-state index contributed by atoms with van der Waals surface area (Å²) in [5.41, 5.74) is 0.945. The third-order valence-electron chi connectivity index (χ3n) is 4.08. The predicted molar refractivity (Wildman–Crippen MR) is 93.3 cm³/mol. The first-order valence-electron chi connectivity index (χ1n) is 8.27. The first-order valence-corrected chi connectivity index (χ1v) is 8.27. The summed E-state index contributed by atoms with van der Waals surface area (Å²) < 4.78 is 5.36. The molecule has 2 heterocycles. The Balaban J connectivity index is 1.46. The van der Waals surface area contributed by atoms with Crippen LogP contribution in [-0.4, -0.2) is 65.1 Å². The van der Waals surface area contributed by atoms with Crippen molar-refractivity contribution in [2.24, 2.45) is 0 Å². The van der Waals surface area contributed by atoms with E-state index in [2.05, 4.69) is 31.2 Å². The molecule has 0 radical (unpaired) electrons. The molecule has 0 atom stereocenters. The fourth-order valence-electron chi connectivity index (χ4n) is 2.73. The zero-order valence-corrected chi connectivity index (χ0v) is 14.0. The van der Waals surface area contributed by atoms with Crippen LogP contribution in [0.25, 0.3) is 11.4 Å². The van der Waals surface area contributed by atoms with Crippen molar-refractivity contribution < 1.29 is 9.32 Å². The molecule has 1 fully saturated rings. The second-order valence-corrected chi connectivity index (χ2v) is 5.91. The Morgan fingerprint density at radius 1 is 1.20 bits per heavy atom. The number of carbonyl (C=O) groups excluding carboxylic acids is 1. The summed E-state index contributed by atoms with van der Waals surface area (Å²) in [5, 5.41) is 6.73. The van der Waals surface area contributed by atoms with Gasteiger partial charge in [0.15, 0.2) is 0 Å². The predicted octanol–water partition coefficient (Wildman–Crippen LogP) is 0.604. The van der Waals surface area contributed by atoms with E-state index in [0.29, 0.717) is 24.8 Å². The van der Waals surface area contributed by atoms with Gasteiger partial charge in [0.05, 0.1) is 19.6 Å². The third-order valence-corrected chi connectivity index (χ3v) is 4.08. The first-order chi connectivity index (χ1) is 12.2. The minimum atomic E-state index is -0.0317. The SMILES string of the molecule is C#CCNC(=O)CN1CCN(Cc2nc(-c3ccccc3)no2)CC1. The number of hydrogen-bond acceptors (Lipinski definition) is 6. The van der Waals surface area contributed by atoms with Crippen LogP contribution in [0.15, 0.2) is 34.9 Å². The Morgan fingerprint density at radius 2 is 1.92 bits per heavy atom. The molecule has 7 nitrogen and oxygen atoms in total. The molecular weight excluding hydrogens is 318 g/mol. The summed E-state index contributed by atoms with van der Waals surface area (Å²) in [6, 6.07) is 9.77. The van der Waals surface area contributed by atoms with Crippen LogP contribution < -0.4 is 5.32 Å². The molecule has 25 heavy (non-hydrogen) atoms. The number of hydrogen-bond donors (Lipinski definition) is 1.